The van der Waals surface area contributed by atoms with E-state index < -0.39 is 0 Å². The maximum atomic E-state index is 13.5. The van der Waals surface area contributed by atoms with Crippen molar-refractivity contribution in [3.63, 3.8) is 0 Å². The average molecular weight is 546 g/mol. The number of rotatable bonds is 7. The number of fused-ring (bicyclic) bond motifs is 1. The molecule has 1 atom stereocenters. The topological polar surface area (TPSA) is 62.9 Å². The van der Waals surface area contributed by atoms with Gasteiger partial charge in [-0.2, -0.15) is 0 Å². The predicted octanol–water partition coefficient (Wildman–Crippen LogP) is 5.26. The fourth-order valence-corrected chi connectivity index (χ4v) is 3.85. The average Bonchev–Trinajstić information content (AvgIpc) is 3.29. The van der Waals surface area contributed by atoms with Crippen LogP contribution < -0.4 is 5.32 Å². The van der Waals surface area contributed by atoms with Gasteiger partial charge in [0.25, 0.3) is 0 Å². The molecule has 0 aliphatic carbocycles. The van der Waals surface area contributed by atoms with Crippen molar-refractivity contribution < 1.29 is 13.5 Å². The first kappa shape index (κ1) is 24.5. The van der Waals surface area contributed by atoms with Gasteiger partial charge in [0.15, 0.2) is 5.96 Å². The first-order valence-electron chi connectivity index (χ1n) is 9.57. The van der Waals surface area contributed by atoms with Crippen LogP contribution in [0.15, 0.2) is 33.0 Å². The minimum atomic E-state index is -0.269. The molecule has 1 aromatic carbocycles. The Labute approximate surface area is 197 Å². The van der Waals surface area contributed by atoms with Gasteiger partial charge in [-0.3, -0.25) is 0 Å². The van der Waals surface area contributed by atoms with E-state index in [0.29, 0.717) is 18.7 Å². The summed E-state index contributed by atoms with van der Waals surface area (Å²) in [5.41, 5.74) is 2.56. The van der Waals surface area contributed by atoms with E-state index >= 15 is 0 Å². The number of methoxy groups -OCH3 is 1. The lowest BCUT2D eigenvalue weighted by Gasteiger charge is -2.21. The standard InChI is InChI=1S/C21H27FN4O2S.HI/c1-6-23-21(26(4)11-16-12-29-20(25-16)14(3)27-5)24-10-19-13(2)17-9-15(22)7-8-18(17)28-19;/h7-9,12,14H,6,10-11H2,1-5H3,(H,23,24);1H. The lowest BCUT2D eigenvalue weighted by molar-refractivity contribution is 0.119. The number of guanidine groups is 1. The number of nitrogens with one attached hydrogen (secondary N) is 1. The van der Waals surface area contributed by atoms with Crippen LogP contribution in [0.5, 0.6) is 0 Å². The molecule has 3 aromatic rings. The Morgan fingerprint density at radius 3 is 2.90 bits per heavy atom. The van der Waals surface area contributed by atoms with Crippen molar-refractivity contribution in [3.8, 4) is 0 Å². The van der Waals surface area contributed by atoms with Crippen LogP contribution >= 0.6 is 35.3 Å². The summed E-state index contributed by atoms with van der Waals surface area (Å²) in [6, 6.07) is 4.56. The summed E-state index contributed by atoms with van der Waals surface area (Å²) >= 11 is 1.60. The molecule has 30 heavy (non-hydrogen) atoms. The molecule has 0 saturated carbocycles. The second-order valence-electron chi connectivity index (χ2n) is 6.87. The van der Waals surface area contributed by atoms with Gasteiger partial charge < -0.3 is 19.4 Å². The number of aromatic nitrogens is 1. The van der Waals surface area contributed by atoms with E-state index in [1.807, 2.05) is 38.1 Å². The highest BCUT2D eigenvalue weighted by molar-refractivity contribution is 14.0. The Kier molecular flexibility index (Phi) is 9.05. The number of nitrogens with zero attached hydrogens (tertiary/aromatic N) is 3. The molecule has 0 radical (unpaired) electrons. The number of hydrogen-bond donors (Lipinski definition) is 1. The highest BCUT2D eigenvalue weighted by Crippen LogP contribution is 2.26. The molecule has 0 aliphatic rings. The van der Waals surface area contributed by atoms with Crippen LogP contribution in [0.4, 0.5) is 4.39 Å². The molecule has 0 fully saturated rings. The number of hydrogen-bond acceptors (Lipinski definition) is 5. The highest BCUT2D eigenvalue weighted by atomic mass is 127. The van der Waals surface area contributed by atoms with Crippen LogP contribution in [-0.4, -0.2) is 36.5 Å². The van der Waals surface area contributed by atoms with Crippen molar-refractivity contribution in [3.05, 3.63) is 51.4 Å². The van der Waals surface area contributed by atoms with Crippen LogP contribution in [0.1, 0.15) is 42.0 Å². The Balaban J connectivity index is 0.00000320. The van der Waals surface area contributed by atoms with Gasteiger partial charge in [-0.05, 0) is 39.0 Å². The molecule has 164 valence electrons. The summed E-state index contributed by atoms with van der Waals surface area (Å²) in [6.45, 7) is 7.69. The molecular formula is C21H28FIN4O2S. The van der Waals surface area contributed by atoms with Crippen molar-refractivity contribution in [2.75, 3.05) is 20.7 Å². The third-order valence-electron chi connectivity index (χ3n) is 4.74. The van der Waals surface area contributed by atoms with Gasteiger partial charge in [0.1, 0.15) is 34.8 Å². The molecular weight excluding hydrogens is 518 g/mol. The highest BCUT2D eigenvalue weighted by Gasteiger charge is 2.14. The Bertz CT molecular complexity index is 1000. The lowest BCUT2D eigenvalue weighted by Crippen LogP contribution is -2.38. The third kappa shape index (κ3) is 5.70. The first-order valence-corrected chi connectivity index (χ1v) is 10.4. The summed E-state index contributed by atoms with van der Waals surface area (Å²) in [5.74, 6) is 1.22. The van der Waals surface area contributed by atoms with Crippen molar-refractivity contribution in [1.82, 2.24) is 15.2 Å². The van der Waals surface area contributed by atoms with Crippen molar-refractivity contribution in [2.24, 2.45) is 4.99 Å². The number of halogens is 2. The Hall–Kier alpha value is -1.72. The third-order valence-corrected chi connectivity index (χ3v) is 5.79. The quantitative estimate of drug-likeness (QED) is 0.249. The van der Waals surface area contributed by atoms with E-state index in [0.717, 1.165) is 39.9 Å². The van der Waals surface area contributed by atoms with Crippen molar-refractivity contribution in [1.29, 1.82) is 0 Å². The first-order chi connectivity index (χ1) is 13.9. The number of thiazole rings is 1. The molecule has 1 N–H and O–H groups in total. The molecule has 1 unspecified atom stereocenters. The summed E-state index contributed by atoms with van der Waals surface area (Å²) in [7, 11) is 3.66. The largest absolute Gasteiger partial charge is 0.459 e. The van der Waals surface area contributed by atoms with Gasteiger partial charge in [-0.1, -0.05) is 0 Å². The van der Waals surface area contributed by atoms with E-state index in [1.54, 1.807) is 24.5 Å². The van der Waals surface area contributed by atoms with Gasteiger partial charge in [0, 0.05) is 37.0 Å². The molecule has 0 spiro atoms. The summed E-state index contributed by atoms with van der Waals surface area (Å²) in [6.07, 6.45) is -0.0122. The molecule has 6 nitrogen and oxygen atoms in total. The lowest BCUT2D eigenvalue weighted by atomic mass is 10.1. The van der Waals surface area contributed by atoms with Crippen LogP contribution in [0.25, 0.3) is 11.0 Å². The van der Waals surface area contributed by atoms with Crippen LogP contribution in [0, 0.1) is 12.7 Å². The van der Waals surface area contributed by atoms with Crippen molar-refractivity contribution in [2.45, 2.75) is 40.0 Å². The SMILES string of the molecule is CCNC(=NCc1oc2ccc(F)cc2c1C)N(C)Cc1csc(C(C)OC)n1.I. The molecule has 3 rings (SSSR count). The second kappa shape index (κ2) is 11.1. The smallest absolute Gasteiger partial charge is 0.194 e. The Morgan fingerprint density at radius 1 is 1.43 bits per heavy atom. The van der Waals surface area contributed by atoms with Gasteiger partial charge in [-0.25, -0.2) is 14.4 Å². The number of aryl methyl sites for hydroxylation is 1. The molecule has 9 heteroatoms. The molecule has 0 aliphatic heterocycles. The van der Waals surface area contributed by atoms with Gasteiger partial charge in [0.05, 0.1) is 12.2 Å². The molecule has 2 heterocycles. The summed E-state index contributed by atoms with van der Waals surface area (Å²) < 4.78 is 24.7. The summed E-state index contributed by atoms with van der Waals surface area (Å²) in [5, 5.41) is 7.09. The van der Waals surface area contributed by atoms with Gasteiger partial charge in [-0.15, -0.1) is 35.3 Å². The van der Waals surface area contributed by atoms with Gasteiger partial charge >= 0.3 is 0 Å². The fourth-order valence-electron chi connectivity index (χ4n) is 3.01. The van der Waals surface area contributed by atoms with Crippen molar-refractivity contribution >= 4 is 52.2 Å². The summed E-state index contributed by atoms with van der Waals surface area (Å²) in [4.78, 5) is 11.4. The maximum Gasteiger partial charge on any atom is 0.194 e. The maximum absolute atomic E-state index is 13.5. The minimum Gasteiger partial charge on any atom is -0.459 e. The molecule has 0 amide bonds. The Morgan fingerprint density at radius 2 is 2.20 bits per heavy atom. The van der Waals surface area contributed by atoms with Crippen LogP contribution in [-0.2, 0) is 17.8 Å². The zero-order valence-corrected chi connectivity index (χ0v) is 21.0. The number of furan rings is 1. The number of aliphatic imine (C=N–C) groups is 1. The zero-order chi connectivity index (χ0) is 21.0. The van der Waals surface area contributed by atoms with Crippen LogP contribution in [0.3, 0.4) is 0 Å². The predicted molar refractivity (Wildman–Crippen MR) is 130 cm³/mol. The molecule has 2 aromatic heterocycles. The van der Waals surface area contributed by atoms with E-state index in [-0.39, 0.29) is 35.9 Å². The minimum absolute atomic E-state index is 0. The van der Waals surface area contributed by atoms with E-state index in [9.17, 15) is 4.39 Å². The van der Waals surface area contributed by atoms with E-state index in [1.165, 1.54) is 12.1 Å². The van der Waals surface area contributed by atoms with Gasteiger partial charge in [0.2, 0.25) is 0 Å². The molecule has 0 bridgehead atoms. The van der Waals surface area contributed by atoms with E-state index in [4.69, 9.17) is 14.1 Å². The van der Waals surface area contributed by atoms with Crippen LogP contribution in [0.2, 0.25) is 0 Å². The number of ether oxygens (including phenoxy) is 1. The number of benzene rings is 1. The van der Waals surface area contributed by atoms with E-state index in [2.05, 4.69) is 10.3 Å². The fraction of sp³-hybridized carbons (Fsp3) is 0.429. The normalized spacial score (nSPS) is 12.7. The molecule has 0 saturated heterocycles. The second-order valence-corrected chi connectivity index (χ2v) is 7.76. The zero-order valence-electron chi connectivity index (χ0n) is 17.9. The monoisotopic (exact) mass is 546 g/mol.